The summed E-state index contributed by atoms with van der Waals surface area (Å²) in [7, 11) is 0. The number of rotatable bonds is 2. The summed E-state index contributed by atoms with van der Waals surface area (Å²) in [5.41, 5.74) is 2.58. The normalized spacial score (nSPS) is 10.2. The second-order valence-corrected chi connectivity index (χ2v) is 3.29. The zero-order valence-electron chi connectivity index (χ0n) is 8.67. The van der Waals surface area contributed by atoms with Gasteiger partial charge in [-0.1, -0.05) is 30.3 Å². The van der Waals surface area contributed by atoms with Gasteiger partial charge in [-0.15, -0.1) is 0 Å². The average Bonchev–Trinajstić information content (AvgIpc) is 2.38. The molecule has 16 heavy (non-hydrogen) atoms. The van der Waals surface area contributed by atoms with Gasteiger partial charge in [-0.3, -0.25) is 4.98 Å². The van der Waals surface area contributed by atoms with E-state index in [9.17, 15) is 0 Å². The lowest BCUT2D eigenvalue weighted by atomic mass is 10.2. The fourth-order valence-corrected chi connectivity index (χ4v) is 1.35. The molecule has 0 aliphatic rings. The number of hydrogen-bond donors (Lipinski definition) is 0. The van der Waals surface area contributed by atoms with E-state index in [1.54, 1.807) is 12.3 Å². The smallest absolute Gasteiger partial charge is 0.187 e. The summed E-state index contributed by atoms with van der Waals surface area (Å²) in [6.45, 7) is 6.93. The molecule has 0 unspecified atom stereocenters. The second-order valence-electron chi connectivity index (χ2n) is 3.29. The lowest BCUT2D eigenvalue weighted by Gasteiger charge is -1.94. The topological polar surface area (TPSA) is 17.2 Å². The van der Waals surface area contributed by atoms with Gasteiger partial charge in [-0.25, -0.2) is 4.85 Å². The maximum absolute atomic E-state index is 6.93. The van der Waals surface area contributed by atoms with Gasteiger partial charge in [-0.2, -0.15) is 0 Å². The van der Waals surface area contributed by atoms with Gasteiger partial charge >= 0.3 is 0 Å². The van der Waals surface area contributed by atoms with Gasteiger partial charge in [0, 0.05) is 6.20 Å². The van der Waals surface area contributed by atoms with E-state index in [1.807, 2.05) is 48.6 Å². The zero-order valence-corrected chi connectivity index (χ0v) is 8.67. The van der Waals surface area contributed by atoms with Crippen molar-refractivity contribution < 1.29 is 0 Å². The van der Waals surface area contributed by atoms with E-state index < -0.39 is 0 Å². The van der Waals surface area contributed by atoms with Gasteiger partial charge in [0.2, 0.25) is 0 Å². The Labute approximate surface area is 94.7 Å². The number of benzene rings is 1. The quantitative estimate of drug-likeness (QED) is 0.683. The molecule has 2 heteroatoms. The largest absolute Gasteiger partial charge is 0.257 e. The highest BCUT2D eigenvalue weighted by molar-refractivity contribution is 5.70. The molecule has 1 aromatic carbocycles. The van der Waals surface area contributed by atoms with Crippen LogP contribution in [0, 0.1) is 6.57 Å². The Bertz CT molecular complexity index is 536. The maximum atomic E-state index is 6.93. The summed E-state index contributed by atoms with van der Waals surface area (Å²) in [5.74, 6) is 0. The van der Waals surface area contributed by atoms with Crippen LogP contribution < -0.4 is 0 Å². The highest BCUT2D eigenvalue weighted by Crippen LogP contribution is 2.15. The van der Waals surface area contributed by atoms with Crippen molar-refractivity contribution in [1.29, 1.82) is 0 Å². The van der Waals surface area contributed by atoms with Gasteiger partial charge < -0.3 is 0 Å². The van der Waals surface area contributed by atoms with Crippen molar-refractivity contribution in [1.82, 2.24) is 4.98 Å². The molecule has 0 saturated carbocycles. The number of nitrogens with zero attached hydrogens (tertiary/aromatic N) is 2. The lowest BCUT2D eigenvalue weighted by Crippen LogP contribution is -1.76. The number of hydrogen-bond acceptors (Lipinski definition) is 1. The third-order valence-corrected chi connectivity index (χ3v) is 2.13. The van der Waals surface area contributed by atoms with Crippen LogP contribution in [-0.4, -0.2) is 4.98 Å². The van der Waals surface area contributed by atoms with Crippen LogP contribution in [0.4, 0.5) is 5.69 Å². The van der Waals surface area contributed by atoms with Crippen LogP contribution in [0.5, 0.6) is 0 Å². The van der Waals surface area contributed by atoms with E-state index in [2.05, 4.69) is 9.83 Å². The Morgan fingerprint density at radius 2 is 2.00 bits per heavy atom. The van der Waals surface area contributed by atoms with Crippen LogP contribution in [0.25, 0.3) is 17.0 Å². The lowest BCUT2D eigenvalue weighted by molar-refractivity contribution is 1.30. The minimum atomic E-state index is 0.656. The molecule has 0 atom stereocenters. The molecule has 0 fully saturated rings. The molecule has 1 heterocycles. The molecule has 0 aliphatic heterocycles. The standard InChI is InChI=1S/C14H10N2/c1-15-14-7-4-5-12(11-14)8-9-13-6-2-3-10-16-13/h2-11H/b9-8+. The molecule has 0 bridgehead atoms. The van der Waals surface area contributed by atoms with Crippen molar-refractivity contribution in [2.75, 3.05) is 0 Å². The number of pyridine rings is 1. The van der Waals surface area contributed by atoms with Crippen LogP contribution in [-0.2, 0) is 0 Å². The van der Waals surface area contributed by atoms with E-state index in [0.29, 0.717) is 5.69 Å². The molecule has 0 N–H and O–H groups in total. The van der Waals surface area contributed by atoms with Gasteiger partial charge in [-0.05, 0) is 29.8 Å². The molecular weight excluding hydrogens is 196 g/mol. The first-order valence-electron chi connectivity index (χ1n) is 4.95. The minimum Gasteiger partial charge on any atom is -0.257 e. The molecule has 0 amide bonds. The summed E-state index contributed by atoms with van der Waals surface area (Å²) >= 11 is 0. The Morgan fingerprint density at radius 1 is 1.06 bits per heavy atom. The highest BCUT2D eigenvalue weighted by atomic mass is 14.6. The summed E-state index contributed by atoms with van der Waals surface area (Å²) < 4.78 is 0. The molecule has 0 radical (unpaired) electrons. The minimum absolute atomic E-state index is 0.656. The van der Waals surface area contributed by atoms with Crippen LogP contribution >= 0.6 is 0 Å². The third-order valence-electron chi connectivity index (χ3n) is 2.13. The summed E-state index contributed by atoms with van der Waals surface area (Å²) in [6, 6.07) is 13.3. The van der Waals surface area contributed by atoms with Crippen molar-refractivity contribution >= 4 is 17.8 Å². The van der Waals surface area contributed by atoms with Crippen molar-refractivity contribution in [3.8, 4) is 0 Å². The van der Waals surface area contributed by atoms with Crippen LogP contribution in [0.1, 0.15) is 11.3 Å². The first-order valence-corrected chi connectivity index (χ1v) is 4.95. The van der Waals surface area contributed by atoms with Gasteiger partial charge in [0.1, 0.15) is 0 Å². The first kappa shape index (κ1) is 10.1. The van der Waals surface area contributed by atoms with Crippen molar-refractivity contribution in [3.05, 3.63) is 71.3 Å². The van der Waals surface area contributed by atoms with Crippen LogP contribution in [0.2, 0.25) is 0 Å². The van der Waals surface area contributed by atoms with E-state index >= 15 is 0 Å². The van der Waals surface area contributed by atoms with Gasteiger partial charge in [0.05, 0.1) is 12.3 Å². The summed E-state index contributed by atoms with van der Waals surface area (Å²) in [6.07, 6.45) is 5.65. The van der Waals surface area contributed by atoms with E-state index in [1.165, 1.54) is 0 Å². The predicted molar refractivity (Wildman–Crippen MR) is 65.9 cm³/mol. The predicted octanol–water partition coefficient (Wildman–Crippen LogP) is 3.80. The van der Waals surface area contributed by atoms with Gasteiger partial charge in [0.15, 0.2) is 5.69 Å². The van der Waals surface area contributed by atoms with Crippen molar-refractivity contribution in [2.45, 2.75) is 0 Å². The van der Waals surface area contributed by atoms with Crippen molar-refractivity contribution in [2.24, 2.45) is 0 Å². The van der Waals surface area contributed by atoms with E-state index in [4.69, 9.17) is 6.57 Å². The zero-order chi connectivity index (χ0) is 11.2. The molecular formula is C14H10N2. The average molecular weight is 206 g/mol. The maximum Gasteiger partial charge on any atom is 0.187 e. The Morgan fingerprint density at radius 3 is 2.75 bits per heavy atom. The van der Waals surface area contributed by atoms with E-state index in [-0.39, 0.29) is 0 Å². The second kappa shape index (κ2) is 4.90. The fourth-order valence-electron chi connectivity index (χ4n) is 1.35. The molecule has 0 aliphatic carbocycles. The summed E-state index contributed by atoms with van der Waals surface area (Å²) in [4.78, 5) is 7.58. The molecule has 0 saturated heterocycles. The highest BCUT2D eigenvalue weighted by Gasteiger charge is 1.91. The molecule has 2 aromatic rings. The molecule has 2 nitrogen and oxygen atoms in total. The van der Waals surface area contributed by atoms with E-state index in [0.717, 1.165) is 11.3 Å². The Hall–Kier alpha value is -2.40. The Balaban J connectivity index is 2.21. The Kier molecular flexibility index (Phi) is 3.10. The van der Waals surface area contributed by atoms with Crippen molar-refractivity contribution in [3.63, 3.8) is 0 Å². The van der Waals surface area contributed by atoms with Crippen LogP contribution in [0.3, 0.4) is 0 Å². The first-order chi connectivity index (χ1) is 7.88. The number of aromatic nitrogens is 1. The molecule has 1 aromatic heterocycles. The van der Waals surface area contributed by atoms with Crippen LogP contribution in [0.15, 0.2) is 48.7 Å². The molecule has 76 valence electrons. The fraction of sp³-hybridized carbons (Fsp3) is 0. The monoisotopic (exact) mass is 206 g/mol. The molecule has 2 rings (SSSR count). The third kappa shape index (κ3) is 2.55. The SMILES string of the molecule is [C-]#[N+]c1cccc(/C=C/c2ccccn2)c1. The summed E-state index contributed by atoms with van der Waals surface area (Å²) in [5, 5.41) is 0. The van der Waals surface area contributed by atoms with Gasteiger partial charge in [0.25, 0.3) is 0 Å². The molecule has 0 spiro atoms.